The summed E-state index contributed by atoms with van der Waals surface area (Å²) in [4.78, 5) is 36.6. The van der Waals surface area contributed by atoms with Crippen molar-refractivity contribution < 1.29 is 38.1 Å². The molecule has 0 saturated carbocycles. The van der Waals surface area contributed by atoms with Gasteiger partial charge >= 0.3 is 17.9 Å². The summed E-state index contributed by atoms with van der Waals surface area (Å²) in [6, 6.07) is 0. The van der Waals surface area contributed by atoms with E-state index < -0.39 is 12.3 Å². The zero-order valence-corrected chi connectivity index (χ0v) is 28.8. The van der Waals surface area contributed by atoms with Crippen LogP contribution in [0.4, 0.5) is 0 Å². The van der Waals surface area contributed by atoms with Crippen LogP contribution in [-0.4, -0.2) is 36.4 Å². The van der Waals surface area contributed by atoms with E-state index in [-0.39, 0.29) is 24.1 Å². The molecule has 0 radical (unpaired) electrons. The Morgan fingerprint density at radius 3 is 2.04 bits per heavy atom. The van der Waals surface area contributed by atoms with Crippen LogP contribution in [0.5, 0.6) is 0 Å². The van der Waals surface area contributed by atoms with Crippen LogP contribution in [0.1, 0.15) is 117 Å². The van der Waals surface area contributed by atoms with Crippen molar-refractivity contribution in [1.29, 1.82) is 0 Å². The van der Waals surface area contributed by atoms with Crippen molar-refractivity contribution >= 4 is 17.9 Å². The first kappa shape index (κ1) is 36.8. The second-order valence-electron chi connectivity index (χ2n) is 12.8. The molecule has 8 nitrogen and oxygen atoms in total. The van der Waals surface area contributed by atoms with E-state index in [1.165, 1.54) is 42.9 Å². The van der Waals surface area contributed by atoms with Gasteiger partial charge in [0, 0.05) is 49.3 Å². The number of hydrogen-bond donors (Lipinski definition) is 0. The minimum Gasteiger partial charge on any atom is -0.491 e. The molecular formula is C40H52O8. The number of ether oxygens (including phenoxy) is 5. The van der Waals surface area contributed by atoms with Gasteiger partial charge in [-0.2, -0.15) is 0 Å². The van der Waals surface area contributed by atoms with Crippen LogP contribution < -0.4 is 0 Å². The average Bonchev–Trinajstić information content (AvgIpc) is 3.44. The van der Waals surface area contributed by atoms with Crippen molar-refractivity contribution in [2.24, 2.45) is 0 Å². The molecule has 1 fully saturated rings. The van der Waals surface area contributed by atoms with Crippen molar-refractivity contribution in [3.63, 3.8) is 0 Å². The molecule has 0 aromatic carbocycles. The molecule has 260 valence electrons. The van der Waals surface area contributed by atoms with E-state index >= 15 is 0 Å². The molecule has 1 aliphatic heterocycles. The summed E-state index contributed by atoms with van der Waals surface area (Å²) in [6.07, 6.45) is 25.3. The second kappa shape index (κ2) is 19.1. The van der Waals surface area contributed by atoms with Crippen LogP contribution in [0.2, 0.25) is 0 Å². The van der Waals surface area contributed by atoms with E-state index in [1.807, 2.05) is 24.3 Å². The Kier molecular flexibility index (Phi) is 14.6. The van der Waals surface area contributed by atoms with Gasteiger partial charge in [0.2, 0.25) is 6.29 Å². The molecule has 1 saturated heterocycles. The zero-order valence-electron chi connectivity index (χ0n) is 28.8. The van der Waals surface area contributed by atoms with Gasteiger partial charge in [-0.25, -0.2) is 14.4 Å². The predicted molar refractivity (Wildman–Crippen MR) is 185 cm³/mol. The van der Waals surface area contributed by atoms with Crippen molar-refractivity contribution in [1.82, 2.24) is 0 Å². The number of carbonyl (C=O) groups excluding carboxylic acids is 3. The molecule has 0 amide bonds. The van der Waals surface area contributed by atoms with E-state index in [1.54, 1.807) is 6.08 Å². The molecule has 8 heteroatoms. The lowest BCUT2D eigenvalue weighted by molar-refractivity contribution is -0.167. The van der Waals surface area contributed by atoms with E-state index in [2.05, 4.69) is 33.1 Å². The van der Waals surface area contributed by atoms with Gasteiger partial charge in [0.25, 0.3) is 0 Å². The molecule has 0 N–H and O–H groups in total. The van der Waals surface area contributed by atoms with E-state index in [0.717, 1.165) is 56.5 Å². The lowest BCUT2D eigenvalue weighted by atomic mass is 9.90. The number of unbranched alkanes of at least 4 members (excludes halogenated alkanes) is 5. The Hall–Kier alpha value is -4.07. The minimum absolute atomic E-state index is 0.234. The Labute approximate surface area is 285 Å². The molecule has 0 spiro atoms. The maximum Gasteiger partial charge on any atom is 0.339 e. The topological polar surface area (TPSA) is 97.4 Å². The fourth-order valence-electron chi connectivity index (χ4n) is 6.20. The third-order valence-electron chi connectivity index (χ3n) is 9.01. The lowest BCUT2D eigenvalue weighted by Gasteiger charge is -2.26. The molecule has 3 aliphatic carbocycles. The number of cyclic esters (lactones) is 1. The number of carbonyl (C=O) groups is 3. The quantitative estimate of drug-likeness (QED) is 0.0445. The third kappa shape index (κ3) is 11.3. The molecule has 1 heterocycles. The van der Waals surface area contributed by atoms with Crippen LogP contribution in [0.25, 0.3) is 0 Å². The van der Waals surface area contributed by atoms with Gasteiger partial charge in [-0.3, -0.25) is 0 Å². The Bertz CT molecular complexity index is 1370. The average molecular weight is 661 g/mol. The predicted octanol–water partition coefficient (Wildman–Crippen LogP) is 9.22. The molecule has 4 aliphatic rings. The number of esters is 3. The van der Waals surface area contributed by atoms with Crippen LogP contribution >= 0.6 is 0 Å². The van der Waals surface area contributed by atoms with Crippen LogP contribution in [0.3, 0.4) is 0 Å². The van der Waals surface area contributed by atoms with Gasteiger partial charge in [0.1, 0.15) is 23.7 Å². The lowest BCUT2D eigenvalue weighted by Crippen LogP contribution is -2.29. The van der Waals surface area contributed by atoms with Gasteiger partial charge in [0.15, 0.2) is 0 Å². The van der Waals surface area contributed by atoms with Crippen molar-refractivity contribution in [2.45, 2.75) is 135 Å². The minimum atomic E-state index is -0.608. The molecule has 0 aromatic rings. The molecule has 3 unspecified atom stereocenters. The molecule has 48 heavy (non-hydrogen) atoms. The fraction of sp³-hybridized carbons (Fsp3) is 0.525. The summed E-state index contributed by atoms with van der Waals surface area (Å²) in [5, 5.41) is 0. The highest BCUT2D eigenvalue weighted by molar-refractivity contribution is 5.90. The van der Waals surface area contributed by atoms with Gasteiger partial charge in [-0.05, 0) is 67.6 Å². The summed E-state index contributed by atoms with van der Waals surface area (Å²) in [5.74, 6) is 1.08. The van der Waals surface area contributed by atoms with Crippen molar-refractivity contribution in [3.8, 4) is 0 Å². The Balaban J connectivity index is 1.27. The maximum absolute atomic E-state index is 12.9. The normalized spacial score (nSPS) is 20.5. The van der Waals surface area contributed by atoms with E-state index in [4.69, 9.17) is 23.7 Å². The molecule has 4 rings (SSSR count). The van der Waals surface area contributed by atoms with Crippen molar-refractivity contribution in [2.75, 3.05) is 0 Å². The first-order valence-corrected chi connectivity index (χ1v) is 17.8. The number of hydrogen-bond acceptors (Lipinski definition) is 8. The second-order valence-corrected chi connectivity index (χ2v) is 12.8. The van der Waals surface area contributed by atoms with Gasteiger partial charge in [-0.1, -0.05) is 77.7 Å². The highest BCUT2D eigenvalue weighted by Crippen LogP contribution is 2.33. The van der Waals surface area contributed by atoms with E-state index in [0.29, 0.717) is 49.0 Å². The fourth-order valence-corrected chi connectivity index (χ4v) is 6.20. The number of rotatable bonds is 19. The maximum atomic E-state index is 12.9. The molecule has 0 bridgehead atoms. The van der Waals surface area contributed by atoms with Crippen LogP contribution in [0.15, 0.2) is 95.3 Å². The highest BCUT2D eigenvalue weighted by atomic mass is 16.7. The summed E-state index contributed by atoms with van der Waals surface area (Å²) >= 11 is 0. The third-order valence-corrected chi connectivity index (χ3v) is 9.01. The summed E-state index contributed by atoms with van der Waals surface area (Å²) < 4.78 is 29.0. The molecule has 0 aromatic heterocycles. The first-order chi connectivity index (χ1) is 23.3. The first-order valence-electron chi connectivity index (χ1n) is 17.8. The Morgan fingerprint density at radius 2 is 1.46 bits per heavy atom. The van der Waals surface area contributed by atoms with Gasteiger partial charge in [-0.15, -0.1) is 0 Å². The summed E-state index contributed by atoms with van der Waals surface area (Å²) in [5.41, 5.74) is 3.53. The van der Waals surface area contributed by atoms with E-state index in [9.17, 15) is 14.4 Å². The van der Waals surface area contributed by atoms with Crippen LogP contribution in [-0.2, 0) is 38.1 Å². The Morgan fingerprint density at radius 1 is 0.812 bits per heavy atom. The SMILES string of the molecule is C=CC(=O)OC(CCCCCCCC)OC1=CC=C(C2=CC=C(OC(=O)C3=CC=C(OC(CCC)C4CC(=C)C(=O)O4)CC3)CC2)CC1. The summed E-state index contributed by atoms with van der Waals surface area (Å²) in [6.45, 7) is 11.6. The zero-order chi connectivity index (χ0) is 34.3. The van der Waals surface area contributed by atoms with Crippen LogP contribution in [0, 0.1) is 0 Å². The van der Waals surface area contributed by atoms with Gasteiger partial charge < -0.3 is 23.7 Å². The standard InChI is InChI=1S/C40H52O8/c1-5-8-9-10-11-12-14-38(48-37(41)7-3)45-33-21-15-29(16-22-33)30-17-23-34(24-18-30)46-40(43)31-19-25-32(26-20-31)44-35(13-6-2)36-27-28(4)39(42)47-36/h7,15,17,19,21,23,25,35-36,38H,3-6,8-14,16,18,20,22,24,26-27H2,1-2H3. The van der Waals surface area contributed by atoms with Gasteiger partial charge in [0.05, 0.1) is 5.76 Å². The highest BCUT2D eigenvalue weighted by Gasteiger charge is 2.35. The summed E-state index contributed by atoms with van der Waals surface area (Å²) in [7, 11) is 0. The molecule has 3 atom stereocenters. The molecular weight excluding hydrogens is 608 g/mol. The monoisotopic (exact) mass is 660 g/mol. The smallest absolute Gasteiger partial charge is 0.339 e. The number of allylic oxidation sites excluding steroid dienone is 11. The largest absolute Gasteiger partial charge is 0.491 e. The van der Waals surface area contributed by atoms with Crippen molar-refractivity contribution in [3.05, 3.63) is 95.3 Å².